The van der Waals surface area contributed by atoms with Crippen LogP contribution in [-0.2, 0) is 6.54 Å². The van der Waals surface area contributed by atoms with E-state index in [4.69, 9.17) is 18.9 Å². The number of hydrogen-bond acceptors (Lipinski definition) is 6. The van der Waals surface area contributed by atoms with Crippen molar-refractivity contribution in [2.24, 2.45) is 0 Å². The van der Waals surface area contributed by atoms with Crippen molar-refractivity contribution >= 4 is 5.91 Å². The fraction of sp³-hybridized carbons (Fsp3) is 0.409. The summed E-state index contributed by atoms with van der Waals surface area (Å²) in [6.45, 7) is 3.58. The Hall–Kier alpha value is -2.93. The number of nitrogens with zero attached hydrogens (tertiary/aromatic N) is 2. The molecule has 0 atom stereocenters. The summed E-state index contributed by atoms with van der Waals surface area (Å²) in [5, 5.41) is 0. The Morgan fingerprint density at radius 3 is 2.00 bits per heavy atom. The molecule has 0 radical (unpaired) electrons. The van der Waals surface area contributed by atoms with E-state index in [1.54, 1.807) is 40.6 Å². The van der Waals surface area contributed by atoms with Gasteiger partial charge in [0.05, 0.1) is 28.4 Å². The molecule has 0 spiro atoms. The van der Waals surface area contributed by atoms with Gasteiger partial charge in [-0.2, -0.15) is 0 Å². The van der Waals surface area contributed by atoms with Crippen LogP contribution in [0.2, 0.25) is 0 Å². The molecule has 2 aromatic rings. The number of amides is 1. The maximum absolute atomic E-state index is 13.1. The van der Waals surface area contributed by atoms with Crippen LogP contribution in [0.5, 0.6) is 23.0 Å². The maximum Gasteiger partial charge on any atom is 0.261 e. The molecule has 1 saturated heterocycles. The van der Waals surface area contributed by atoms with Crippen LogP contribution in [0.1, 0.15) is 15.9 Å². The second-order valence-electron chi connectivity index (χ2n) is 6.78. The van der Waals surface area contributed by atoms with Crippen LogP contribution in [0.3, 0.4) is 0 Å². The van der Waals surface area contributed by atoms with Crippen molar-refractivity contribution in [3.63, 3.8) is 0 Å². The summed E-state index contributed by atoms with van der Waals surface area (Å²) < 4.78 is 21.5. The van der Waals surface area contributed by atoms with Gasteiger partial charge in [0.1, 0.15) is 28.6 Å². The second kappa shape index (κ2) is 9.52. The summed E-state index contributed by atoms with van der Waals surface area (Å²) in [6.07, 6.45) is 0. The third-order valence-corrected chi connectivity index (χ3v) is 5.19. The first-order chi connectivity index (χ1) is 14.1. The van der Waals surface area contributed by atoms with Crippen LogP contribution in [0.15, 0.2) is 36.4 Å². The molecule has 1 aliphatic rings. The molecular weight excluding hydrogens is 372 g/mol. The van der Waals surface area contributed by atoms with E-state index in [0.717, 1.165) is 36.7 Å². The van der Waals surface area contributed by atoms with Crippen LogP contribution in [0.4, 0.5) is 0 Å². The van der Waals surface area contributed by atoms with Gasteiger partial charge in [0.15, 0.2) is 0 Å². The Kier molecular flexibility index (Phi) is 6.82. The van der Waals surface area contributed by atoms with Crippen LogP contribution in [-0.4, -0.2) is 70.3 Å². The standard InChI is InChI=1S/C22H28N2O5/c1-26-17-9-8-16(20(14-17)29-4)15-23-10-12-24(13-11-23)22(25)21-18(27-2)6-5-7-19(21)28-3/h5-9,14H,10-13,15H2,1-4H3. The third kappa shape index (κ3) is 4.56. The van der Waals surface area contributed by atoms with Crippen molar-refractivity contribution in [3.05, 3.63) is 47.5 Å². The number of ether oxygens (including phenoxy) is 4. The number of carbonyl (C=O) groups excluding carboxylic acids is 1. The molecule has 7 heteroatoms. The molecule has 7 nitrogen and oxygen atoms in total. The SMILES string of the molecule is COc1ccc(CN2CCN(C(=O)c3c(OC)cccc3OC)CC2)c(OC)c1. The van der Waals surface area contributed by atoms with Gasteiger partial charge in [0, 0.05) is 44.4 Å². The topological polar surface area (TPSA) is 60.5 Å². The summed E-state index contributed by atoms with van der Waals surface area (Å²) >= 11 is 0. The first-order valence-electron chi connectivity index (χ1n) is 9.54. The molecule has 0 aromatic heterocycles. The zero-order valence-corrected chi connectivity index (χ0v) is 17.4. The van der Waals surface area contributed by atoms with E-state index in [2.05, 4.69) is 4.90 Å². The van der Waals surface area contributed by atoms with E-state index in [9.17, 15) is 4.79 Å². The highest BCUT2D eigenvalue weighted by molar-refractivity contribution is 5.99. The highest BCUT2D eigenvalue weighted by Crippen LogP contribution is 2.30. The van der Waals surface area contributed by atoms with Gasteiger partial charge < -0.3 is 23.8 Å². The number of rotatable bonds is 7. The molecule has 1 fully saturated rings. The molecule has 1 heterocycles. The molecule has 2 aromatic carbocycles. The number of carbonyl (C=O) groups is 1. The number of hydrogen-bond donors (Lipinski definition) is 0. The molecule has 1 amide bonds. The first-order valence-corrected chi connectivity index (χ1v) is 9.54. The van der Waals surface area contributed by atoms with Crippen LogP contribution in [0, 0.1) is 0 Å². The van der Waals surface area contributed by atoms with Crippen molar-refractivity contribution in [2.45, 2.75) is 6.54 Å². The van der Waals surface area contributed by atoms with Crippen LogP contribution >= 0.6 is 0 Å². The number of benzene rings is 2. The van der Waals surface area contributed by atoms with Crippen LogP contribution in [0.25, 0.3) is 0 Å². The molecule has 0 unspecified atom stereocenters. The zero-order chi connectivity index (χ0) is 20.8. The Morgan fingerprint density at radius 1 is 0.828 bits per heavy atom. The molecule has 0 bridgehead atoms. The lowest BCUT2D eigenvalue weighted by atomic mass is 10.1. The van der Waals surface area contributed by atoms with E-state index in [-0.39, 0.29) is 5.91 Å². The van der Waals surface area contributed by atoms with Crippen molar-refractivity contribution < 1.29 is 23.7 Å². The Bertz CT molecular complexity index is 825. The van der Waals surface area contributed by atoms with Crippen LogP contribution < -0.4 is 18.9 Å². The molecule has 0 N–H and O–H groups in total. The Labute approximate surface area is 171 Å². The first kappa shape index (κ1) is 20.8. The molecule has 0 saturated carbocycles. The quantitative estimate of drug-likeness (QED) is 0.712. The van der Waals surface area contributed by atoms with Gasteiger partial charge in [-0.3, -0.25) is 9.69 Å². The van der Waals surface area contributed by atoms with Gasteiger partial charge >= 0.3 is 0 Å². The van der Waals surface area contributed by atoms with Gasteiger partial charge in [-0.15, -0.1) is 0 Å². The normalized spacial score (nSPS) is 14.4. The van der Waals surface area contributed by atoms with Gasteiger partial charge in [-0.25, -0.2) is 0 Å². The zero-order valence-electron chi connectivity index (χ0n) is 17.4. The summed E-state index contributed by atoms with van der Waals surface area (Å²) in [6, 6.07) is 11.2. The average Bonchev–Trinajstić information content (AvgIpc) is 2.78. The van der Waals surface area contributed by atoms with E-state index in [1.165, 1.54) is 0 Å². The molecule has 3 rings (SSSR count). The Balaban J connectivity index is 1.66. The van der Waals surface area contributed by atoms with Gasteiger partial charge in [-0.05, 0) is 18.2 Å². The summed E-state index contributed by atoms with van der Waals surface area (Å²) in [7, 11) is 6.42. The highest BCUT2D eigenvalue weighted by atomic mass is 16.5. The molecule has 156 valence electrons. The maximum atomic E-state index is 13.1. The minimum atomic E-state index is -0.0685. The second-order valence-corrected chi connectivity index (χ2v) is 6.78. The minimum Gasteiger partial charge on any atom is -0.497 e. The molecule has 29 heavy (non-hydrogen) atoms. The largest absolute Gasteiger partial charge is 0.497 e. The lowest BCUT2D eigenvalue weighted by Crippen LogP contribution is -2.48. The average molecular weight is 400 g/mol. The van der Waals surface area contributed by atoms with E-state index >= 15 is 0 Å². The number of piperazine rings is 1. The monoisotopic (exact) mass is 400 g/mol. The van der Waals surface area contributed by atoms with Gasteiger partial charge in [-0.1, -0.05) is 12.1 Å². The summed E-state index contributed by atoms with van der Waals surface area (Å²) in [5.41, 5.74) is 1.57. The highest BCUT2D eigenvalue weighted by Gasteiger charge is 2.27. The minimum absolute atomic E-state index is 0.0685. The van der Waals surface area contributed by atoms with Gasteiger partial charge in [0.2, 0.25) is 0 Å². The Morgan fingerprint density at radius 2 is 1.45 bits per heavy atom. The van der Waals surface area contributed by atoms with Gasteiger partial charge in [0.25, 0.3) is 5.91 Å². The third-order valence-electron chi connectivity index (χ3n) is 5.19. The summed E-state index contributed by atoms with van der Waals surface area (Å²) in [5.74, 6) is 2.56. The van der Waals surface area contributed by atoms with Crippen molar-refractivity contribution in [1.82, 2.24) is 9.80 Å². The number of methoxy groups -OCH3 is 4. The predicted octanol–water partition coefficient (Wildman–Crippen LogP) is 2.68. The fourth-order valence-corrected chi connectivity index (χ4v) is 3.55. The van der Waals surface area contributed by atoms with E-state index < -0.39 is 0 Å². The molecular formula is C22H28N2O5. The van der Waals surface area contributed by atoms with E-state index in [0.29, 0.717) is 30.2 Å². The van der Waals surface area contributed by atoms with Crippen molar-refractivity contribution in [1.29, 1.82) is 0 Å². The lowest BCUT2D eigenvalue weighted by molar-refractivity contribution is 0.0621. The predicted molar refractivity (Wildman–Crippen MR) is 110 cm³/mol. The fourth-order valence-electron chi connectivity index (χ4n) is 3.55. The van der Waals surface area contributed by atoms with Crippen molar-refractivity contribution in [3.8, 4) is 23.0 Å². The molecule has 0 aliphatic carbocycles. The molecule has 1 aliphatic heterocycles. The lowest BCUT2D eigenvalue weighted by Gasteiger charge is -2.35. The van der Waals surface area contributed by atoms with Crippen molar-refractivity contribution in [2.75, 3.05) is 54.6 Å². The summed E-state index contributed by atoms with van der Waals surface area (Å²) in [4.78, 5) is 17.3. The smallest absolute Gasteiger partial charge is 0.261 e. The van der Waals surface area contributed by atoms with E-state index in [1.807, 2.05) is 29.2 Å².